The summed E-state index contributed by atoms with van der Waals surface area (Å²) >= 11 is 12.5. The number of aromatic nitrogens is 2. The van der Waals surface area contributed by atoms with Gasteiger partial charge in [-0.3, -0.25) is 14.7 Å². The maximum Gasteiger partial charge on any atom is 0.326 e. The number of amidine groups is 1. The number of amides is 3. The van der Waals surface area contributed by atoms with Gasteiger partial charge in [0, 0.05) is 34.7 Å². The molecule has 3 amide bonds. The number of ether oxygens (including phenoxy) is 1. The minimum absolute atomic E-state index is 0.0562. The van der Waals surface area contributed by atoms with Crippen LogP contribution in [0.2, 0.25) is 10.0 Å². The highest BCUT2D eigenvalue weighted by Crippen LogP contribution is 2.45. The second kappa shape index (κ2) is 11.7. The molecule has 41 heavy (non-hydrogen) atoms. The van der Waals surface area contributed by atoms with E-state index < -0.39 is 12.1 Å². The maximum atomic E-state index is 14.4. The van der Waals surface area contributed by atoms with Crippen molar-refractivity contribution in [3.63, 3.8) is 0 Å². The predicted molar refractivity (Wildman–Crippen MR) is 159 cm³/mol. The minimum atomic E-state index is -0.558. The summed E-state index contributed by atoms with van der Waals surface area (Å²) in [7, 11) is 0. The van der Waals surface area contributed by atoms with E-state index in [1.165, 1.54) is 4.90 Å². The van der Waals surface area contributed by atoms with Crippen LogP contribution in [0.25, 0.3) is 0 Å². The molecule has 0 radical (unpaired) electrons. The number of halogens is 2. The molecular weight excluding hydrogens is 563 g/mol. The molecule has 2 aromatic carbocycles. The van der Waals surface area contributed by atoms with Gasteiger partial charge in [-0.25, -0.2) is 9.78 Å². The zero-order valence-electron chi connectivity index (χ0n) is 23.4. The third kappa shape index (κ3) is 6.01. The van der Waals surface area contributed by atoms with E-state index in [2.05, 4.69) is 10.3 Å². The van der Waals surface area contributed by atoms with Crippen LogP contribution in [0.4, 0.5) is 4.79 Å². The molecule has 2 aliphatic rings. The van der Waals surface area contributed by atoms with Crippen molar-refractivity contribution >= 4 is 41.0 Å². The molecule has 3 heterocycles. The molecule has 0 bridgehead atoms. The Morgan fingerprint density at radius 3 is 2.27 bits per heavy atom. The van der Waals surface area contributed by atoms with Gasteiger partial charge in [0.25, 0.3) is 0 Å². The van der Waals surface area contributed by atoms with Gasteiger partial charge >= 0.3 is 6.03 Å². The Hall–Kier alpha value is -3.69. The van der Waals surface area contributed by atoms with E-state index in [1.807, 2.05) is 52.0 Å². The Labute approximate surface area is 249 Å². The van der Waals surface area contributed by atoms with Crippen molar-refractivity contribution in [1.82, 2.24) is 25.1 Å². The Kier molecular flexibility index (Phi) is 8.20. The number of benzene rings is 2. The molecule has 2 atom stereocenters. The highest BCUT2D eigenvalue weighted by molar-refractivity contribution is 6.30. The van der Waals surface area contributed by atoms with Gasteiger partial charge in [0.15, 0.2) is 0 Å². The number of nitrogens with one attached hydrogen (secondary N) is 1. The molecule has 2 unspecified atom stereocenters. The van der Waals surface area contributed by atoms with Crippen molar-refractivity contribution in [1.29, 1.82) is 0 Å². The number of carbonyl (C=O) groups excluding carboxylic acids is 2. The fourth-order valence-electron chi connectivity index (χ4n) is 4.94. The summed E-state index contributed by atoms with van der Waals surface area (Å²) in [4.78, 5) is 44.4. The van der Waals surface area contributed by atoms with Crippen molar-refractivity contribution in [2.75, 3.05) is 26.2 Å². The Morgan fingerprint density at radius 1 is 1.05 bits per heavy atom. The lowest BCUT2D eigenvalue weighted by atomic mass is 9.93. The summed E-state index contributed by atoms with van der Waals surface area (Å²) in [5, 5.41) is 3.96. The van der Waals surface area contributed by atoms with Crippen LogP contribution in [-0.2, 0) is 10.2 Å². The van der Waals surface area contributed by atoms with Crippen LogP contribution in [0.3, 0.4) is 0 Å². The lowest BCUT2D eigenvalue weighted by Crippen LogP contribution is -2.55. The number of hydrogen-bond acceptors (Lipinski definition) is 6. The Bertz CT molecular complexity index is 1470. The second-order valence-electron chi connectivity index (χ2n) is 11.0. The number of hydrogen-bond donors (Lipinski definition) is 1. The lowest BCUT2D eigenvalue weighted by Gasteiger charge is -2.35. The van der Waals surface area contributed by atoms with Gasteiger partial charge in [0.2, 0.25) is 11.8 Å². The first-order valence-electron chi connectivity index (χ1n) is 13.5. The molecule has 0 aliphatic carbocycles. The zero-order chi connectivity index (χ0) is 29.3. The highest BCUT2D eigenvalue weighted by Gasteiger charge is 2.45. The summed E-state index contributed by atoms with van der Waals surface area (Å²) in [5.41, 5.74) is 1.86. The molecule has 1 fully saturated rings. The molecule has 214 valence electrons. The van der Waals surface area contributed by atoms with Gasteiger partial charge < -0.3 is 15.0 Å². The largest absolute Gasteiger partial charge is 0.477 e. The quantitative estimate of drug-likeness (QED) is 0.416. The molecule has 5 rings (SSSR count). The van der Waals surface area contributed by atoms with Crippen molar-refractivity contribution < 1.29 is 14.3 Å². The normalized spacial score (nSPS) is 19.2. The van der Waals surface area contributed by atoms with Crippen LogP contribution in [0, 0.1) is 0 Å². The van der Waals surface area contributed by atoms with E-state index >= 15 is 0 Å². The van der Waals surface area contributed by atoms with Gasteiger partial charge in [-0.15, -0.1) is 0 Å². The standard InChI is InChI=1S/C30H32Cl2N6O3/c1-5-41-27-22(16-34-28(36-27)30(2,3)4)26-35-24(18-6-10-20(31)11-7-18)25(19-8-12-21(32)13-9-19)38(26)29(40)37-15-14-33-23(39)17-37/h6-13,16,24-25H,5,14-15,17H2,1-4H3,(H,33,39). The van der Waals surface area contributed by atoms with Crippen LogP contribution >= 0.6 is 23.2 Å². The molecule has 0 saturated carbocycles. The summed E-state index contributed by atoms with van der Waals surface area (Å²) < 4.78 is 6.01. The van der Waals surface area contributed by atoms with E-state index in [0.29, 0.717) is 52.8 Å². The molecule has 0 spiro atoms. The van der Waals surface area contributed by atoms with E-state index in [9.17, 15) is 9.59 Å². The summed E-state index contributed by atoms with van der Waals surface area (Å²) in [5.74, 6) is 1.10. The molecule has 1 saturated heterocycles. The first-order chi connectivity index (χ1) is 19.6. The number of urea groups is 1. The van der Waals surface area contributed by atoms with Crippen LogP contribution < -0.4 is 10.1 Å². The van der Waals surface area contributed by atoms with Gasteiger partial charge in [-0.05, 0) is 42.3 Å². The number of nitrogens with zero attached hydrogens (tertiary/aromatic N) is 5. The van der Waals surface area contributed by atoms with Crippen molar-refractivity contribution in [3.8, 4) is 5.88 Å². The molecule has 2 aliphatic heterocycles. The zero-order valence-corrected chi connectivity index (χ0v) is 24.9. The third-order valence-electron chi connectivity index (χ3n) is 6.95. The fourth-order valence-corrected chi connectivity index (χ4v) is 5.19. The van der Waals surface area contributed by atoms with E-state index in [-0.39, 0.29) is 23.9 Å². The van der Waals surface area contributed by atoms with E-state index in [1.54, 1.807) is 35.4 Å². The van der Waals surface area contributed by atoms with E-state index in [4.69, 9.17) is 37.9 Å². The molecule has 3 aromatic rings. The third-order valence-corrected chi connectivity index (χ3v) is 7.46. The van der Waals surface area contributed by atoms with Gasteiger partial charge in [-0.2, -0.15) is 4.98 Å². The highest BCUT2D eigenvalue weighted by atomic mass is 35.5. The number of carbonyl (C=O) groups is 2. The monoisotopic (exact) mass is 594 g/mol. The minimum Gasteiger partial charge on any atom is -0.477 e. The average molecular weight is 596 g/mol. The Morgan fingerprint density at radius 2 is 1.68 bits per heavy atom. The summed E-state index contributed by atoms with van der Waals surface area (Å²) in [6.45, 7) is 8.98. The number of rotatable bonds is 5. The summed E-state index contributed by atoms with van der Waals surface area (Å²) in [6, 6.07) is 13.4. The van der Waals surface area contributed by atoms with Gasteiger partial charge in [0.1, 0.15) is 24.2 Å². The van der Waals surface area contributed by atoms with E-state index in [0.717, 1.165) is 11.1 Å². The van der Waals surface area contributed by atoms with Crippen LogP contribution in [0.1, 0.15) is 62.3 Å². The molecule has 1 N–H and O–H groups in total. The van der Waals surface area contributed by atoms with Crippen molar-refractivity contribution in [2.24, 2.45) is 4.99 Å². The topological polar surface area (TPSA) is 100 Å². The molecule has 1 aromatic heterocycles. The first kappa shape index (κ1) is 28.8. The average Bonchev–Trinajstić information content (AvgIpc) is 3.33. The maximum absolute atomic E-state index is 14.4. The second-order valence-corrected chi connectivity index (χ2v) is 11.8. The van der Waals surface area contributed by atoms with Crippen molar-refractivity contribution in [2.45, 2.75) is 45.2 Å². The Balaban J connectivity index is 1.71. The van der Waals surface area contributed by atoms with Crippen LogP contribution in [0.15, 0.2) is 59.7 Å². The predicted octanol–water partition coefficient (Wildman–Crippen LogP) is 5.58. The summed E-state index contributed by atoms with van der Waals surface area (Å²) in [6.07, 6.45) is 1.67. The SMILES string of the molecule is CCOc1nc(C(C)(C)C)ncc1C1=NC(c2ccc(Cl)cc2)C(c2ccc(Cl)cc2)N1C(=O)N1CCNC(=O)C1. The molecule has 9 nitrogen and oxygen atoms in total. The van der Waals surface area contributed by atoms with Gasteiger partial charge in [0.05, 0.1) is 18.2 Å². The first-order valence-corrected chi connectivity index (χ1v) is 14.3. The van der Waals surface area contributed by atoms with Crippen LogP contribution in [-0.4, -0.2) is 63.8 Å². The van der Waals surface area contributed by atoms with Crippen molar-refractivity contribution in [3.05, 3.63) is 87.3 Å². The number of piperazine rings is 1. The molecular formula is C30H32Cl2N6O3. The smallest absolute Gasteiger partial charge is 0.326 e. The fraction of sp³-hybridized carbons (Fsp3) is 0.367. The van der Waals surface area contributed by atoms with Crippen LogP contribution in [0.5, 0.6) is 5.88 Å². The lowest BCUT2D eigenvalue weighted by molar-refractivity contribution is -0.123. The molecule has 11 heteroatoms. The number of aliphatic imine (C=N–C) groups is 1. The van der Waals surface area contributed by atoms with Gasteiger partial charge in [-0.1, -0.05) is 68.2 Å².